The Bertz CT molecular complexity index is 940. The monoisotopic (exact) mass is 483 g/mol. The van der Waals surface area contributed by atoms with Gasteiger partial charge in [-0.05, 0) is 46.5 Å². The van der Waals surface area contributed by atoms with Gasteiger partial charge in [-0.1, -0.05) is 30.3 Å². The van der Waals surface area contributed by atoms with Crippen LogP contribution in [0.5, 0.6) is 0 Å². The Morgan fingerprint density at radius 3 is 2.36 bits per heavy atom. The average Bonchev–Trinajstić information content (AvgIpc) is 3.30. The molecule has 0 bridgehead atoms. The maximum atomic E-state index is 12.8. The van der Waals surface area contributed by atoms with Gasteiger partial charge in [0.25, 0.3) is 10.0 Å². The highest BCUT2D eigenvalue weighted by molar-refractivity contribution is 9.11. The standard InChI is InChI=1S/C19H22BrN3O3S2/c20-17-6-7-18(27-17)28(25,26)22-10-8-16(9-11-22)23-13-12-21(19(23)24)14-15-4-2-1-3-5-15/h1-7,16H,8-14H2. The number of hydrogen-bond donors (Lipinski definition) is 0. The van der Waals surface area contributed by atoms with Gasteiger partial charge in [0.05, 0.1) is 3.79 Å². The van der Waals surface area contributed by atoms with Crippen LogP contribution in [0.15, 0.2) is 50.5 Å². The number of nitrogens with zero attached hydrogens (tertiary/aromatic N) is 3. The van der Waals surface area contributed by atoms with Crippen molar-refractivity contribution < 1.29 is 13.2 Å². The zero-order valence-corrected chi connectivity index (χ0v) is 18.5. The topological polar surface area (TPSA) is 60.9 Å². The molecule has 9 heteroatoms. The van der Waals surface area contributed by atoms with Crippen molar-refractivity contribution in [1.29, 1.82) is 0 Å². The fourth-order valence-electron chi connectivity index (χ4n) is 3.85. The van der Waals surface area contributed by atoms with Crippen LogP contribution in [0.2, 0.25) is 0 Å². The van der Waals surface area contributed by atoms with Crippen molar-refractivity contribution in [3.05, 3.63) is 51.8 Å². The highest BCUT2D eigenvalue weighted by Gasteiger charge is 2.37. The molecule has 1 aromatic heterocycles. The van der Waals surface area contributed by atoms with Crippen molar-refractivity contribution in [2.75, 3.05) is 26.2 Å². The van der Waals surface area contributed by atoms with Crippen LogP contribution in [0.3, 0.4) is 0 Å². The van der Waals surface area contributed by atoms with Gasteiger partial charge in [-0.25, -0.2) is 13.2 Å². The largest absolute Gasteiger partial charge is 0.320 e. The summed E-state index contributed by atoms with van der Waals surface area (Å²) in [7, 11) is -3.45. The smallest absolute Gasteiger partial charge is 0.320 e. The molecule has 2 aliphatic rings. The lowest BCUT2D eigenvalue weighted by Crippen LogP contribution is -2.47. The molecule has 0 saturated carbocycles. The van der Waals surface area contributed by atoms with E-state index in [1.165, 1.54) is 11.3 Å². The number of sulfonamides is 1. The summed E-state index contributed by atoms with van der Waals surface area (Å²) < 4.78 is 28.3. The fraction of sp³-hybridized carbons (Fsp3) is 0.421. The van der Waals surface area contributed by atoms with Crippen LogP contribution >= 0.6 is 27.3 Å². The molecule has 0 spiro atoms. The van der Waals surface area contributed by atoms with Crippen molar-refractivity contribution in [3.63, 3.8) is 0 Å². The molecule has 2 amide bonds. The number of benzene rings is 1. The van der Waals surface area contributed by atoms with Crippen molar-refractivity contribution in [1.82, 2.24) is 14.1 Å². The summed E-state index contributed by atoms with van der Waals surface area (Å²) in [6.45, 7) is 2.95. The van der Waals surface area contributed by atoms with E-state index in [2.05, 4.69) is 15.9 Å². The minimum Gasteiger partial charge on any atom is -0.320 e. The molecule has 2 aliphatic heterocycles. The molecule has 6 nitrogen and oxygen atoms in total. The number of rotatable bonds is 5. The molecule has 150 valence electrons. The third kappa shape index (κ3) is 3.98. The zero-order chi connectivity index (χ0) is 19.7. The Morgan fingerprint density at radius 2 is 1.71 bits per heavy atom. The SMILES string of the molecule is O=C1N(Cc2ccccc2)CCN1C1CCN(S(=O)(=O)c2ccc(Br)s2)CC1. The quantitative estimate of drug-likeness (QED) is 0.652. The molecule has 0 unspecified atom stereocenters. The van der Waals surface area contributed by atoms with E-state index in [1.54, 1.807) is 16.4 Å². The number of carbonyl (C=O) groups is 1. The number of halogens is 1. The van der Waals surface area contributed by atoms with Crippen LogP contribution in [-0.2, 0) is 16.6 Å². The lowest BCUT2D eigenvalue weighted by Gasteiger charge is -2.35. The summed E-state index contributed by atoms with van der Waals surface area (Å²) in [4.78, 5) is 16.6. The molecule has 2 aromatic rings. The summed E-state index contributed by atoms with van der Waals surface area (Å²) in [5, 5.41) is 0. The molecule has 3 heterocycles. The predicted octanol–water partition coefficient (Wildman–Crippen LogP) is 3.60. The van der Waals surface area contributed by atoms with Gasteiger partial charge in [0.1, 0.15) is 4.21 Å². The predicted molar refractivity (Wildman–Crippen MR) is 113 cm³/mol. The minimum atomic E-state index is -3.45. The molecule has 0 N–H and O–H groups in total. The van der Waals surface area contributed by atoms with Gasteiger partial charge >= 0.3 is 6.03 Å². The van der Waals surface area contributed by atoms with E-state index >= 15 is 0 Å². The number of carbonyl (C=O) groups excluding carboxylic acids is 1. The van der Waals surface area contributed by atoms with E-state index in [0.717, 1.165) is 15.9 Å². The maximum absolute atomic E-state index is 12.8. The van der Waals surface area contributed by atoms with Crippen molar-refractivity contribution in [3.8, 4) is 0 Å². The van der Waals surface area contributed by atoms with E-state index in [-0.39, 0.29) is 12.1 Å². The van der Waals surface area contributed by atoms with E-state index < -0.39 is 10.0 Å². The summed E-state index contributed by atoms with van der Waals surface area (Å²) in [5.41, 5.74) is 1.13. The summed E-state index contributed by atoms with van der Waals surface area (Å²) in [6.07, 6.45) is 1.35. The van der Waals surface area contributed by atoms with Gasteiger partial charge in [-0.15, -0.1) is 11.3 Å². The Kier molecular flexibility index (Phi) is 5.78. The Hall–Kier alpha value is -1.42. The average molecular weight is 484 g/mol. The third-order valence-electron chi connectivity index (χ3n) is 5.35. The first-order chi connectivity index (χ1) is 13.4. The van der Waals surface area contributed by atoms with Crippen LogP contribution in [-0.4, -0.2) is 60.8 Å². The lowest BCUT2D eigenvalue weighted by molar-refractivity contribution is 0.153. The van der Waals surface area contributed by atoms with Crippen molar-refractivity contribution in [2.24, 2.45) is 0 Å². The Morgan fingerprint density at radius 1 is 1.00 bits per heavy atom. The van der Waals surface area contributed by atoms with Crippen molar-refractivity contribution >= 4 is 43.3 Å². The molecule has 0 aliphatic carbocycles. The van der Waals surface area contributed by atoms with Gasteiger partial charge in [0.15, 0.2) is 0 Å². The summed E-state index contributed by atoms with van der Waals surface area (Å²) >= 11 is 4.56. The van der Waals surface area contributed by atoms with E-state index in [0.29, 0.717) is 43.2 Å². The first kappa shape index (κ1) is 19.9. The molecule has 28 heavy (non-hydrogen) atoms. The normalized spacial score (nSPS) is 19.5. The van der Waals surface area contributed by atoms with E-state index in [9.17, 15) is 13.2 Å². The highest BCUT2D eigenvalue weighted by Crippen LogP contribution is 2.31. The molecule has 4 rings (SSSR count). The van der Waals surface area contributed by atoms with Crippen LogP contribution in [0, 0.1) is 0 Å². The molecule has 1 aromatic carbocycles. The molecular formula is C19H22BrN3O3S2. The molecule has 0 radical (unpaired) electrons. The summed E-state index contributed by atoms with van der Waals surface area (Å²) in [6, 6.07) is 13.6. The molecular weight excluding hydrogens is 462 g/mol. The minimum absolute atomic E-state index is 0.0624. The number of hydrogen-bond acceptors (Lipinski definition) is 4. The van der Waals surface area contributed by atoms with Gasteiger partial charge in [-0.3, -0.25) is 0 Å². The lowest BCUT2D eigenvalue weighted by atomic mass is 10.1. The zero-order valence-electron chi connectivity index (χ0n) is 15.3. The number of piperidine rings is 1. The van der Waals surface area contributed by atoms with Gasteiger partial charge in [-0.2, -0.15) is 4.31 Å². The van der Waals surface area contributed by atoms with Gasteiger partial charge in [0.2, 0.25) is 0 Å². The summed E-state index contributed by atoms with van der Waals surface area (Å²) in [5.74, 6) is 0. The second-order valence-electron chi connectivity index (χ2n) is 7.08. The van der Waals surface area contributed by atoms with Crippen LogP contribution in [0.4, 0.5) is 4.79 Å². The molecule has 2 saturated heterocycles. The molecule has 0 atom stereocenters. The number of thiophene rings is 1. The molecule has 2 fully saturated rings. The van der Waals surface area contributed by atoms with Gasteiger partial charge in [0, 0.05) is 38.8 Å². The number of amides is 2. The van der Waals surface area contributed by atoms with E-state index in [1.807, 2.05) is 40.1 Å². The second kappa shape index (κ2) is 8.14. The fourth-order valence-corrected chi connectivity index (χ4v) is 7.48. The first-order valence-electron chi connectivity index (χ1n) is 9.30. The highest BCUT2D eigenvalue weighted by atomic mass is 79.9. The first-order valence-corrected chi connectivity index (χ1v) is 12.3. The van der Waals surface area contributed by atoms with Gasteiger partial charge < -0.3 is 9.80 Å². The Labute approximate surface area is 177 Å². The van der Waals surface area contributed by atoms with Crippen molar-refractivity contribution in [2.45, 2.75) is 29.6 Å². The van der Waals surface area contributed by atoms with Crippen LogP contribution in [0.25, 0.3) is 0 Å². The van der Waals surface area contributed by atoms with Crippen LogP contribution < -0.4 is 0 Å². The maximum Gasteiger partial charge on any atom is 0.320 e. The number of urea groups is 1. The van der Waals surface area contributed by atoms with Crippen LogP contribution in [0.1, 0.15) is 18.4 Å². The van der Waals surface area contributed by atoms with E-state index in [4.69, 9.17) is 0 Å². The second-order valence-corrected chi connectivity index (χ2v) is 11.7. The third-order valence-corrected chi connectivity index (χ3v) is 9.34. The Balaban J connectivity index is 1.36.